The second-order valence-corrected chi connectivity index (χ2v) is 5.04. The van der Waals surface area contributed by atoms with Gasteiger partial charge in [0.1, 0.15) is 11.3 Å². The van der Waals surface area contributed by atoms with Crippen LogP contribution in [0.4, 0.5) is 0 Å². The molecule has 0 aliphatic carbocycles. The van der Waals surface area contributed by atoms with E-state index in [1.807, 2.05) is 30.3 Å². The number of esters is 2. The number of benzene rings is 2. The maximum atomic E-state index is 12.2. The summed E-state index contributed by atoms with van der Waals surface area (Å²) in [5.74, 6) is -0.925. The van der Waals surface area contributed by atoms with Gasteiger partial charge in [0.15, 0.2) is 0 Å². The summed E-state index contributed by atoms with van der Waals surface area (Å²) in [5.41, 5.74) is 1.56. The van der Waals surface area contributed by atoms with E-state index in [1.165, 1.54) is 0 Å². The predicted molar refractivity (Wildman–Crippen MR) is 87.3 cm³/mol. The SMILES string of the molecule is C=C(C)C(=O)Oc1ccccc1C(=O)OCCc1ccccc1. The molecular weight excluding hydrogens is 292 g/mol. The Balaban J connectivity index is 1.99. The Bertz CT molecular complexity index is 704. The van der Waals surface area contributed by atoms with Gasteiger partial charge in [-0.1, -0.05) is 49.0 Å². The third-order valence-electron chi connectivity index (χ3n) is 3.12. The molecule has 2 aromatic rings. The van der Waals surface area contributed by atoms with Gasteiger partial charge in [-0.05, 0) is 24.6 Å². The van der Waals surface area contributed by atoms with Gasteiger partial charge >= 0.3 is 11.9 Å². The lowest BCUT2D eigenvalue weighted by Gasteiger charge is -2.10. The number of hydrogen-bond acceptors (Lipinski definition) is 4. The summed E-state index contributed by atoms with van der Waals surface area (Å²) in [6.07, 6.45) is 0.625. The number of rotatable bonds is 6. The van der Waals surface area contributed by atoms with Crippen molar-refractivity contribution in [3.05, 3.63) is 77.9 Å². The zero-order valence-corrected chi connectivity index (χ0v) is 13.0. The monoisotopic (exact) mass is 310 g/mol. The molecule has 2 rings (SSSR count). The number of para-hydroxylation sites is 1. The van der Waals surface area contributed by atoms with E-state index in [-0.39, 0.29) is 23.5 Å². The summed E-state index contributed by atoms with van der Waals surface area (Å²) in [6, 6.07) is 16.2. The van der Waals surface area contributed by atoms with Gasteiger partial charge in [-0.2, -0.15) is 0 Å². The van der Waals surface area contributed by atoms with Gasteiger partial charge in [0.2, 0.25) is 0 Å². The van der Waals surface area contributed by atoms with Crippen molar-refractivity contribution in [1.29, 1.82) is 0 Å². The Morgan fingerprint density at radius 1 is 1.00 bits per heavy atom. The van der Waals surface area contributed by atoms with Crippen molar-refractivity contribution in [2.24, 2.45) is 0 Å². The van der Waals surface area contributed by atoms with Crippen LogP contribution in [0.25, 0.3) is 0 Å². The second-order valence-electron chi connectivity index (χ2n) is 5.04. The fraction of sp³-hybridized carbons (Fsp3) is 0.158. The first-order valence-electron chi connectivity index (χ1n) is 7.25. The number of carbonyl (C=O) groups excluding carboxylic acids is 2. The summed E-state index contributed by atoms with van der Waals surface area (Å²) in [7, 11) is 0. The third-order valence-corrected chi connectivity index (χ3v) is 3.12. The molecule has 0 amide bonds. The molecule has 0 fully saturated rings. The molecule has 23 heavy (non-hydrogen) atoms. The van der Waals surface area contributed by atoms with E-state index in [4.69, 9.17) is 9.47 Å². The van der Waals surface area contributed by atoms with E-state index in [1.54, 1.807) is 31.2 Å². The highest BCUT2D eigenvalue weighted by molar-refractivity contribution is 5.95. The van der Waals surface area contributed by atoms with Gasteiger partial charge < -0.3 is 9.47 Å². The van der Waals surface area contributed by atoms with Crippen LogP contribution >= 0.6 is 0 Å². The van der Waals surface area contributed by atoms with Crippen LogP contribution in [0.5, 0.6) is 5.75 Å². The van der Waals surface area contributed by atoms with Gasteiger partial charge in [0.25, 0.3) is 0 Å². The van der Waals surface area contributed by atoms with Gasteiger partial charge in [-0.3, -0.25) is 0 Å². The van der Waals surface area contributed by atoms with Crippen molar-refractivity contribution in [1.82, 2.24) is 0 Å². The van der Waals surface area contributed by atoms with E-state index in [0.29, 0.717) is 6.42 Å². The molecule has 4 heteroatoms. The molecule has 0 atom stereocenters. The van der Waals surface area contributed by atoms with Crippen LogP contribution in [0, 0.1) is 0 Å². The van der Waals surface area contributed by atoms with Crippen molar-refractivity contribution in [3.8, 4) is 5.75 Å². The fourth-order valence-corrected chi connectivity index (χ4v) is 1.90. The molecular formula is C19H18O4. The first-order valence-corrected chi connectivity index (χ1v) is 7.25. The van der Waals surface area contributed by atoms with Crippen molar-refractivity contribution < 1.29 is 19.1 Å². The lowest BCUT2D eigenvalue weighted by atomic mass is 10.2. The number of ether oxygens (including phenoxy) is 2. The standard InChI is InChI=1S/C19H18O4/c1-14(2)18(20)23-17-11-7-6-10-16(17)19(21)22-13-12-15-8-4-3-5-9-15/h3-11H,1,12-13H2,2H3. The Hall–Kier alpha value is -2.88. The molecule has 0 unspecified atom stereocenters. The van der Waals surface area contributed by atoms with Crippen LogP contribution in [0.2, 0.25) is 0 Å². The van der Waals surface area contributed by atoms with E-state index in [9.17, 15) is 9.59 Å². The molecule has 0 aromatic heterocycles. The van der Waals surface area contributed by atoms with E-state index >= 15 is 0 Å². The highest BCUT2D eigenvalue weighted by atomic mass is 16.5. The summed E-state index contributed by atoms with van der Waals surface area (Å²) < 4.78 is 10.4. The zero-order valence-electron chi connectivity index (χ0n) is 13.0. The molecule has 0 aliphatic heterocycles. The summed E-state index contributed by atoms with van der Waals surface area (Å²) in [6.45, 7) is 5.32. The summed E-state index contributed by atoms with van der Waals surface area (Å²) >= 11 is 0. The van der Waals surface area contributed by atoms with Crippen molar-refractivity contribution in [2.75, 3.05) is 6.61 Å². The van der Waals surface area contributed by atoms with Gasteiger partial charge in [0.05, 0.1) is 6.61 Å². The molecule has 0 saturated carbocycles. The number of hydrogen-bond donors (Lipinski definition) is 0. The largest absolute Gasteiger partial charge is 0.462 e. The Labute approximate surface area is 135 Å². The van der Waals surface area contributed by atoms with E-state index < -0.39 is 11.9 Å². The zero-order chi connectivity index (χ0) is 16.7. The van der Waals surface area contributed by atoms with E-state index in [2.05, 4.69) is 6.58 Å². The van der Waals surface area contributed by atoms with Gasteiger partial charge in [-0.25, -0.2) is 9.59 Å². The molecule has 0 heterocycles. The first kappa shape index (κ1) is 16.5. The van der Waals surface area contributed by atoms with Crippen molar-refractivity contribution >= 4 is 11.9 Å². The minimum Gasteiger partial charge on any atom is -0.462 e. The number of carbonyl (C=O) groups is 2. The fourth-order valence-electron chi connectivity index (χ4n) is 1.90. The van der Waals surface area contributed by atoms with Crippen LogP contribution in [-0.4, -0.2) is 18.5 Å². The predicted octanol–water partition coefficient (Wildman–Crippen LogP) is 3.57. The topological polar surface area (TPSA) is 52.6 Å². The molecule has 2 aromatic carbocycles. The molecule has 0 N–H and O–H groups in total. The van der Waals surface area contributed by atoms with Crippen LogP contribution in [0.3, 0.4) is 0 Å². The first-order chi connectivity index (χ1) is 11.1. The Morgan fingerprint density at radius 3 is 2.35 bits per heavy atom. The molecule has 0 saturated heterocycles. The Morgan fingerprint density at radius 2 is 1.65 bits per heavy atom. The van der Waals surface area contributed by atoms with Crippen LogP contribution in [0.15, 0.2) is 66.7 Å². The van der Waals surface area contributed by atoms with Gasteiger partial charge in [0, 0.05) is 12.0 Å². The molecule has 118 valence electrons. The van der Waals surface area contributed by atoms with Crippen LogP contribution in [0.1, 0.15) is 22.8 Å². The minimum atomic E-state index is -0.575. The van der Waals surface area contributed by atoms with Crippen LogP contribution in [-0.2, 0) is 16.0 Å². The third kappa shape index (κ3) is 4.81. The normalized spacial score (nSPS) is 9.96. The van der Waals surface area contributed by atoms with Crippen molar-refractivity contribution in [3.63, 3.8) is 0 Å². The molecule has 0 bridgehead atoms. The summed E-state index contributed by atoms with van der Waals surface area (Å²) in [5, 5.41) is 0. The quantitative estimate of drug-likeness (QED) is 0.465. The lowest BCUT2D eigenvalue weighted by Crippen LogP contribution is -2.14. The minimum absolute atomic E-state index is 0.171. The smallest absolute Gasteiger partial charge is 0.341 e. The van der Waals surface area contributed by atoms with Crippen molar-refractivity contribution in [2.45, 2.75) is 13.3 Å². The highest BCUT2D eigenvalue weighted by Gasteiger charge is 2.16. The Kier molecular flexibility index (Phi) is 5.69. The molecule has 0 spiro atoms. The average molecular weight is 310 g/mol. The van der Waals surface area contributed by atoms with Crippen LogP contribution < -0.4 is 4.74 Å². The summed E-state index contributed by atoms with van der Waals surface area (Å²) in [4.78, 5) is 23.8. The molecule has 0 radical (unpaired) electrons. The highest BCUT2D eigenvalue weighted by Crippen LogP contribution is 2.20. The maximum absolute atomic E-state index is 12.2. The van der Waals surface area contributed by atoms with E-state index in [0.717, 1.165) is 5.56 Å². The molecule has 0 aliphatic rings. The lowest BCUT2D eigenvalue weighted by molar-refractivity contribution is -0.130. The second kappa shape index (κ2) is 7.94. The average Bonchev–Trinajstić information content (AvgIpc) is 2.56. The molecule has 4 nitrogen and oxygen atoms in total. The van der Waals surface area contributed by atoms with Gasteiger partial charge in [-0.15, -0.1) is 0 Å². The maximum Gasteiger partial charge on any atom is 0.341 e.